The highest BCUT2D eigenvalue weighted by atomic mass is 15.0. The molecule has 0 aliphatic heterocycles. The van der Waals surface area contributed by atoms with Gasteiger partial charge in [-0.3, -0.25) is 4.98 Å². The Kier molecular flexibility index (Phi) is 7.78. The lowest BCUT2D eigenvalue weighted by atomic mass is 9.66. The Bertz CT molecular complexity index is 2220. The van der Waals surface area contributed by atoms with E-state index < -0.39 is 0 Å². The first-order chi connectivity index (χ1) is 24.0. The summed E-state index contributed by atoms with van der Waals surface area (Å²) in [5.41, 5.74) is 9.51. The Labute approximate surface area is 286 Å². The van der Waals surface area contributed by atoms with Gasteiger partial charge in [-0.15, -0.1) is 0 Å². The quantitative estimate of drug-likeness (QED) is 0.181. The van der Waals surface area contributed by atoms with Gasteiger partial charge in [0, 0.05) is 29.1 Å². The molecule has 2 aliphatic carbocycles. The van der Waals surface area contributed by atoms with E-state index in [-0.39, 0.29) is 5.41 Å². The third kappa shape index (κ3) is 6.10. The first-order valence-electron chi connectivity index (χ1n) is 16.9. The molecule has 6 nitrogen and oxygen atoms in total. The van der Waals surface area contributed by atoms with Crippen molar-refractivity contribution >= 4 is 0 Å². The molecule has 3 atom stereocenters. The zero-order chi connectivity index (χ0) is 33.4. The van der Waals surface area contributed by atoms with Crippen LogP contribution in [0.25, 0.3) is 56.4 Å². The maximum atomic E-state index is 9.43. The van der Waals surface area contributed by atoms with E-state index in [1.807, 2.05) is 48.5 Å². The van der Waals surface area contributed by atoms with Crippen molar-refractivity contribution < 1.29 is 0 Å². The second-order valence-corrected chi connectivity index (χ2v) is 13.8. The van der Waals surface area contributed by atoms with Crippen LogP contribution >= 0.6 is 0 Å². The molecule has 2 aliphatic rings. The van der Waals surface area contributed by atoms with Gasteiger partial charge in [-0.1, -0.05) is 56.2 Å². The van der Waals surface area contributed by atoms with Gasteiger partial charge < -0.3 is 0 Å². The van der Waals surface area contributed by atoms with Crippen LogP contribution in [0, 0.1) is 34.5 Å². The minimum Gasteiger partial charge on any atom is -0.265 e. The lowest BCUT2D eigenvalue weighted by molar-refractivity contribution is 0.232. The molecule has 1 unspecified atom stereocenters. The topological polar surface area (TPSA) is 99.1 Å². The first kappa shape index (κ1) is 30.4. The Morgan fingerprint density at radius 3 is 1.47 bits per heavy atom. The Morgan fingerprint density at radius 2 is 0.959 bits per heavy atom. The van der Waals surface area contributed by atoms with E-state index >= 15 is 0 Å². The summed E-state index contributed by atoms with van der Waals surface area (Å²) in [6.45, 7) is 2.46. The molecule has 2 bridgehead atoms. The van der Waals surface area contributed by atoms with Crippen molar-refractivity contribution in [1.29, 1.82) is 10.5 Å². The molecule has 0 N–H and O–H groups in total. The molecular formula is C43H34N6. The van der Waals surface area contributed by atoms with Crippen LogP contribution in [0.15, 0.2) is 116 Å². The van der Waals surface area contributed by atoms with Crippen LogP contribution in [0.5, 0.6) is 0 Å². The number of pyridine rings is 1. The van der Waals surface area contributed by atoms with Crippen molar-refractivity contribution in [1.82, 2.24) is 19.9 Å². The molecule has 2 fully saturated rings. The Hall–Kier alpha value is -5.98. The van der Waals surface area contributed by atoms with Gasteiger partial charge in [0.25, 0.3) is 0 Å². The van der Waals surface area contributed by atoms with Crippen molar-refractivity contribution in [3.05, 3.63) is 132 Å². The minimum atomic E-state index is 0.230. The number of aromatic nitrogens is 4. The summed E-state index contributed by atoms with van der Waals surface area (Å²) in [6.07, 6.45) is 10.2. The number of hydrogen-bond acceptors (Lipinski definition) is 6. The predicted octanol–water partition coefficient (Wildman–Crippen LogP) is 9.81. The number of nitrogens with zero attached hydrogens (tertiary/aromatic N) is 6. The third-order valence-corrected chi connectivity index (χ3v) is 10.4. The maximum absolute atomic E-state index is 9.43. The van der Waals surface area contributed by atoms with Crippen LogP contribution < -0.4 is 0 Å². The zero-order valence-corrected chi connectivity index (χ0v) is 27.3. The summed E-state index contributed by atoms with van der Waals surface area (Å²) in [5.74, 6) is 3.32. The second-order valence-electron chi connectivity index (χ2n) is 13.8. The van der Waals surface area contributed by atoms with Crippen LogP contribution in [0.4, 0.5) is 0 Å². The highest BCUT2D eigenvalue weighted by Crippen LogP contribution is 2.51. The number of benzene rings is 4. The fourth-order valence-electron chi connectivity index (χ4n) is 7.99. The lowest BCUT2D eigenvalue weighted by Gasteiger charge is -2.38. The van der Waals surface area contributed by atoms with Crippen molar-refractivity contribution in [2.75, 3.05) is 0 Å². The van der Waals surface area contributed by atoms with E-state index in [0.717, 1.165) is 50.8 Å². The van der Waals surface area contributed by atoms with Gasteiger partial charge in [0.05, 0.1) is 23.3 Å². The van der Waals surface area contributed by atoms with Gasteiger partial charge in [0.1, 0.15) is 0 Å². The van der Waals surface area contributed by atoms with Gasteiger partial charge in [-0.25, -0.2) is 15.0 Å². The molecule has 6 heteroatoms. The number of rotatable bonds is 6. The molecule has 0 spiro atoms. The van der Waals surface area contributed by atoms with Crippen molar-refractivity contribution in [2.24, 2.45) is 11.8 Å². The first-order valence-corrected chi connectivity index (χ1v) is 16.9. The van der Waals surface area contributed by atoms with Crippen molar-refractivity contribution in [3.8, 4) is 68.6 Å². The minimum absolute atomic E-state index is 0.230. The molecule has 4 aromatic carbocycles. The van der Waals surface area contributed by atoms with Crippen LogP contribution in [0.1, 0.15) is 55.7 Å². The normalized spacial score (nSPS) is 19.6. The van der Waals surface area contributed by atoms with E-state index in [0.29, 0.717) is 28.6 Å². The van der Waals surface area contributed by atoms with Crippen LogP contribution in [-0.4, -0.2) is 19.9 Å². The predicted molar refractivity (Wildman–Crippen MR) is 192 cm³/mol. The van der Waals surface area contributed by atoms with Gasteiger partial charge >= 0.3 is 0 Å². The Morgan fingerprint density at radius 1 is 0.531 bits per heavy atom. The molecule has 0 amide bonds. The molecule has 2 heterocycles. The molecule has 2 aromatic heterocycles. The zero-order valence-electron chi connectivity index (χ0n) is 27.3. The summed E-state index contributed by atoms with van der Waals surface area (Å²) < 4.78 is 0. The number of hydrogen-bond donors (Lipinski definition) is 0. The summed E-state index contributed by atoms with van der Waals surface area (Å²) in [7, 11) is 0. The fraction of sp³-hybridized carbons (Fsp3) is 0.209. The fourth-order valence-corrected chi connectivity index (χ4v) is 7.99. The van der Waals surface area contributed by atoms with Crippen molar-refractivity contribution in [3.63, 3.8) is 0 Å². The number of nitriles is 2. The SMILES string of the molecule is CC1(c2ccc(-c3cc(-c4ccc(C#N)cc4)cc(-c4nc(-c5ccncc5)nc(-c5ccc(C#N)cc5)n4)c3)cc2)C[C@@H]2CC[C@@H](C2)C1. The van der Waals surface area contributed by atoms with E-state index in [1.54, 1.807) is 24.5 Å². The van der Waals surface area contributed by atoms with E-state index in [1.165, 1.54) is 37.7 Å². The summed E-state index contributed by atoms with van der Waals surface area (Å²) in [5, 5.41) is 18.8. The smallest absolute Gasteiger partial charge is 0.164 e. The average Bonchev–Trinajstić information content (AvgIpc) is 3.52. The molecule has 0 radical (unpaired) electrons. The lowest BCUT2D eigenvalue weighted by Crippen LogP contribution is -2.30. The highest BCUT2D eigenvalue weighted by molar-refractivity contribution is 5.80. The summed E-state index contributed by atoms with van der Waals surface area (Å²) in [4.78, 5) is 19.0. The molecule has 236 valence electrons. The molecular weight excluding hydrogens is 601 g/mol. The number of fused-ring (bicyclic) bond motifs is 2. The van der Waals surface area contributed by atoms with E-state index in [2.05, 4.69) is 66.5 Å². The van der Waals surface area contributed by atoms with Crippen LogP contribution in [-0.2, 0) is 5.41 Å². The van der Waals surface area contributed by atoms with Crippen molar-refractivity contribution in [2.45, 2.75) is 44.4 Å². The molecule has 6 aromatic rings. The van der Waals surface area contributed by atoms with Crippen LogP contribution in [0.3, 0.4) is 0 Å². The maximum Gasteiger partial charge on any atom is 0.164 e. The van der Waals surface area contributed by atoms with Gasteiger partial charge in [-0.2, -0.15) is 10.5 Å². The van der Waals surface area contributed by atoms with Gasteiger partial charge in [0.2, 0.25) is 0 Å². The standard InChI is InChI=1S/C43H34N6/c1-43(24-30-2-3-31(20-30)25-43)39-14-12-33(13-15-39)37-21-36(32-8-4-28(26-44)5-9-32)22-38(23-37)42-48-40(34-10-6-29(27-45)7-11-34)47-41(49-42)35-16-18-46-19-17-35/h4-19,21-23,30-31H,2-3,20,24-25H2,1H3/t30-,31+,43?. The summed E-state index contributed by atoms with van der Waals surface area (Å²) in [6, 6.07) is 38.8. The average molecular weight is 635 g/mol. The second kappa shape index (κ2) is 12.6. The van der Waals surface area contributed by atoms with E-state index in [9.17, 15) is 10.5 Å². The molecule has 8 rings (SSSR count). The summed E-state index contributed by atoms with van der Waals surface area (Å²) >= 11 is 0. The molecule has 0 saturated heterocycles. The highest BCUT2D eigenvalue weighted by Gasteiger charge is 2.41. The van der Waals surface area contributed by atoms with Crippen LogP contribution in [0.2, 0.25) is 0 Å². The molecule has 2 saturated carbocycles. The van der Waals surface area contributed by atoms with Gasteiger partial charge in [0.15, 0.2) is 17.5 Å². The monoisotopic (exact) mass is 634 g/mol. The Balaban J connectivity index is 1.25. The van der Waals surface area contributed by atoms with E-state index in [4.69, 9.17) is 15.0 Å². The molecule has 49 heavy (non-hydrogen) atoms. The third-order valence-electron chi connectivity index (χ3n) is 10.4. The largest absolute Gasteiger partial charge is 0.265 e. The van der Waals surface area contributed by atoms with Gasteiger partial charge in [-0.05, 0) is 131 Å².